The number of fused-ring (bicyclic) bond motifs is 1. The third-order valence-corrected chi connectivity index (χ3v) is 5.49. The summed E-state index contributed by atoms with van der Waals surface area (Å²) < 4.78 is 18.3. The Bertz CT molecular complexity index is 1040. The van der Waals surface area contributed by atoms with Gasteiger partial charge >= 0.3 is 0 Å². The molecule has 0 bridgehead atoms. The maximum absolute atomic E-state index is 13.0. The van der Waals surface area contributed by atoms with Gasteiger partial charge in [0.15, 0.2) is 17.2 Å². The maximum atomic E-state index is 13.0. The van der Waals surface area contributed by atoms with Gasteiger partial charge in [0.05, 0.1) is 24.2 Å². The average molecular weight is 409 g/mol. The molecule has 2 aromatic heterocycles. The molecule has 0 aliphatic carbocycles. The largest absolute Gasteiger partial charge is 0.486 e. The topological polar surface area (TPSA) is 85.9 Å². The van der Waals surface area contributed by atoms with Gasteiger partial charge in [0, 0.05) is 32.2 Å². The number of amides is 1. The number of benzene rings is 1. The smallest absolute Gasteiger partial charge is 0.276 e. The highest BCUT2D eigenvalue weighted by atomic mass is 16.6. The second-order valence-electron chi connectivity index (χ2n) is 7.41. The number of hydrogen-bond donors (Lipinski definition) is 0. The molecule has 1 saturated heterocycles. The minimum atomic E-state index is -0.0889. The zero-order chi connectivity index (χ0) is 20.5. The molecule has 1 aromatic carbocycles. The van der Waals surface area contributed by atoms with Crippen LogP contribution in [-0.4, -0.2) is 70.1 Å². The molecular weight excluding hydrogens is 386 g/mol. The Balaban J connectivity index is 1.28. The molecule has 0 atom stereocenters. The Labute approximate surface area is 173 Å². The van der Waals surface area contributed by atoms with Crippen molar-refractivity contribution in [2.24, 2.45) is 0 Å². The summed E-state index contributed by atoms with van der Waals surface area (Å²) >= 11 is 0. The van der Waals surface area contributed by atoms with Gasteiger partial charge in [-0.3, -0.25) is 9.69 Å². The molecule has 2 aliphatic heterocycles. The Morgan fingerprint density at radius 3 is 2.63 bits per heavy atom. The number of carbonyl (C=O) groups excluding carboxylic acids is 1. The van der Waals surface area contributed by atoms with E-state index in [0.717, 1.165) is 31.1 Å². The lowest BCUT2D eigenvalue weighted by Crippen LogP contribution is -2.48. The molecule has 1 amide bonds. The fourth-order valence-electron chi connectivity index (χ4n) is 3.82. The minimum absolute atomic E-state index is 0.0889. The number of rotatable bonds is 4. The van der Waals surface area contributed by atoms with Crippen LogP contribution in [-0.2, 0) is 6.54 Å². The molecule has 30 heavy (non-hydrogen) atoms. The zero-order valence-electron chi connectivity index (χ0n) is 16.8. The standard InChI is InChI=1S/C21H23N5O4/c1-15-20(21(27)25-8-6-24(7-9-25)14-17-3-2-10-28-17)22-23-26(15)16-4-5-18-19(13-16)30-12-11-29-18/h2-5,10,13H,6-9,11-12,14H2,1H3. The summed E-state index contributed by atoms with van der Waals surface area (Å²) in [5, 5.41) is 8.40. The second kappa shape index (κ2) is 7.83. The minimum Gasteiger partial charge on any atom is -0.486 e. The molecule has 4 heterocycles. The summed E-state index contributed by atoms with van der Waals surface area (Å²) in [5.41, 5.74) is 1.87. The molecule has 1 fully saturated rings. The predicted molar refractivity (Wildman–Crippen MR) is 107 cm³/mol. The summed E-state index contributed by atoms with van der Waals surface area (Å²) in [6, 6.07) is 9.46. The molecule has 5 rings (SSSR count). The van der Waals surface area contributed by atoms with Crippen LogP contribution in [0.1, 0.15) is 21.9 Å². The van der Waals surface area contributed by atoms with E-state index in [0.29, 0.717) is 49.2 Å². The van der Waals surface area contributed by atoms with Gasteiger partial charge in [-0.05, 0) is 31.2 Å². The van der Waals surface area contributed by atoms with Crippen LogP contribution < -0.4 is 9.47 Å². The van der Waals surface area contributed by atoms with Crippen molar-refractivity contribution in [3.8, 4) is 17.2 Å². The molecule has 9 nitrogen and oxygen atoms in total. The van der Waals surface area contributed by atoms with Crippen LogP contribution in [0.25, 0.3) is 5.69 Å². The lowest BCUT2D eigenvalue weighted by molar-refractivity contribution is 0.0614. The first-order valence-electron chi connectivity index (χ1n) is 10.1. The van der Waals surface area contributed by atoms with E-state index in [1.54, 1.807) is 10.9 Å². The van der Waals surface area contributed by atoms with E-state index in [2.05, 4.69) is 15.2 Å². The highest BCUT2D eigenvalue weighted by molar-refractivity contribution is 5.93. The van der Waals surface area contributed by atoms with E-state index in [4.69, 9.17) is 13.9 Å². The Hall–Kier alpha value is -3.33. The molecule has 0 saturated carbocycles. The molecule has 0 spiro atoms. The molecule has 0 N–H and O–H groups in total. The van der Waals surface area contributed by atoms with E-state index in [-0.39, 0.29) is 5.91 Å². The van der Waals surface area contributed by atoms with Crippen LogP contribution in [0.5, 0.6) is 11.5 Å². The molecular formula is C21H23N5O4. The predicted octanol–water partition coefficient (Wildman–Crippen LogP) is 1.90. The van der Waals surface area contributed by atoms with E-state index in [1.807, 2.05) is 42.2 Å². The third kappa shape index (κ3) is 3.52. The first-order valence-corrected chi connectivity index (χ1v) is 10.1. The maximum Gasteiger partial charge on any atom is 0.276 e. The van der Waals surface area contributed by atoms with E-state index in [1.165, 1.54) is 0 Å². The highest BCUT2D eigenvalue weighted by Crippen LogP contribution is 2.32. The van der Waals surface area contributed by atoms with Crippen LogP contribution in [0.3, 0.4) is 0 Å². The molecule has 156 valence electrons. The van der Waals surface area contributed by atoms with Crippen molar-refractivity contribution >= 4 is 5.91 Å². The van der Waals surface area contributed by atoms with Gasteiger partial charge in [-0.15, -0.1) is 5.10 Å². The first-order chi connectivity index (χ1) is 14.7. The van der Waals surface area contributed by atoms with Gasteiger partial charge in [0.2, 0.25) is 0 Å². The third-order valence-electron chi connectivity index (χ3n) is 5.49. The summed E-state index contributed by atoms with van der Waals surface area (Å²) in [7, 11) is 0. The van der Waals surface area contributed by atoms with E-state index >= 15 is 0 Å². The van der Waals surface area contributed by atoms with Gasteiger partial charge in [-0.2, -0.15) is 0 Å². The summed E-state index contributed by atoms with van der Waals surface area (Å²) in [5.74, 6) is 2.24. The number of furan rings is 1. The van der Waals surface area contributed by atoms with Crippen molar-refractivity contribution in [3.63, 3.8) is 0 Å². The number of ether oxygens (including phenoxy) is 2. The second-order valence-corrected chi connectivity index (χ2v) is 7.41. The van der Waals surface area contributed by atoms with Crippen LogP contribution in [0, 0.1) is 6.92 Å². The Morgan fingerprint density at radius 2 is 1.87 bits per heavy atom. The molecule has 3 aromatic rings. The first kappa shape index (κ1) is 18.7. The van der Waals surface area contributed by atoms with E-state index < -0.39 is 0 Å². The SMILES string of the molecule is Cc1c(C(=O)N2CCN(Cc3ccco3)CC2)nnn1-c1ccc2c(c1)OCCO2. The van der Waals surface area contributed by atoms with Crippen molar-refractivity contribution in [3.05, 3.63) is 53.7 Å². The van der Waals surface area contributed by atoms with Crippen LogP contribution >= 0.6 is 0 Å². The molecule has 9 heteroatoms. The number of carbonyl (C=O) groups is 1. The normalized spacial score (nSPS) is 16.6. The number of hydrogen-bond acceptors (Lipinski definition) is 7. The fraction of sp³-hybridized carbons (Fsp3) is 0.381. The van der Waals surface area contributed by atoms with Crippen LogP contribution in [0.4, 0.5) is 0 Å². The van der Waals surface area contributed by atoms with Crippen LogP contribution in [0.2, 0.25) is 0 Å². The zero-order valence-corrected chi connectivity index (χ0v) is 16.8. The summed E-state index contributed by atoms with van der Waals surface area (Å²) in [4.78, 5) is 17.2. The quantitative estimate of drug-likeness (QED) is 0.651. The average Bonchev–Trinajstić information content (AvgIpc) is 3.43. The van der Waals surface area contributed by atoms with Gasteiger partial charge in [0.25, 0.3) is 5.91 Å². The highest BCUT2D eigenvalue weighted by Gasteiger charge is 2.27. The van der Waals surface area contributed by atoms with Crippen molar-refractivity contribution < 1.29 is 18.7 Å². The number of nitrogens with zero attached hydrogens (tertiary/aromatic N) is 5. The van der Waals surface area contributed by atoms with Crippen LogP contribution in [0.15, 0.2) is 41.0 Å². The number of piperazine rings is 1. The Morgan fingerprint density at radius 1 is 1.07 bits per heavy atom. The Kier molecular flexibility index (Phi) is 4.88. The molecule has 0 unspecified atom stereocenters. The van der Waals surface area contributed by atoms with Crippen molar-refractivity contribution in [2.75, 3.05) is 39.4 Å². The molecule has 2 aliphatic rings. The van der Waals surface area contributed by atoms with Gasteiger partial charge in [-0.1, -0.05) is 5.21 Å². The lowest BCUT2D eigenvalue weighted by Gasteiger charge is -2.33. The van der Waals surface area contributed by atoms with Gasteiger partial charge in [-0.25, -0.2) is 4.68 Å². The van der Waals surface area contributed by atoms with E-state index in [9.17, 15) is 4.79 Å². The monoisotopic (exact) mass is 409 g/mol. The fourth-order valence-corrected chi connectivity index (χ4v) is 3.82. The lowest BCUT2D eigenvalue weighted by atomic mass is 10.2. The van der Waals surface area contributed by atoms with Gasteiger partial charge in [0.1, 0.15) is 19.0 Å². The van der Waals surface area contributed by atoms with Crippen molar-refractivity contribution in [1.29, 1.82) is 0 Å². The van der Waals surface area contributed by atoms with Gasteiger partial charge < -0.3 is 18.8 Å². The summed E-state index contributed by atoms with van der Waals surface area (Å²) in [6.07, 6.45) is 1.68. The summed E-state index contributed by atoms with van der Waals surface area (Å²) in [6.45, 7) is 6.56. The molecule has 0 radical (unpaired) electrons. The van der Waals surface area contributed by atoms with Crippen molar-refractivity contribution in [2.45, 2.75) is 13.5 Å². The van der Waals surface area contributed by atoms with Crippen molar-refractivity contribution in [1.82, 2.24) is 24.8 Å². The number of aromatic nitrogens is 3.